The van der Waals surface area contributed by atoms with Crippen LogP contribution < -0.4 is 30.6 Å². The van der Waals surface area contributed by atoms with Crippen LogP contribution in [0, 0.1) is 0 Å². The molecule has 10 nitrogen and oxygen atoms in total. The number of aliphatic hydroxyl groups excluding tert-OH is 1. The highest BCUT2D eigenvalue weighted by Crippen LogP contribution is 2.34. The van der Waals surface area contributed by atoms with Crippen LogP contribution >= 0.6 is 0 Å². The molecule has 0 aromatic heterocycles. The third-order valence-electron chi connectivity index (χ3n) is 5.30. The largest absolute Gasteiger partial charge is 0.491 e. The lowest BCUT2D eigenvalue weighted by atomic mass is 10.1. The number of nitrogens with one attached hydrogen (secondary N) is 2. The van der Waals surface area contributed by atoms with Gasteiger partial charge in [-0.25, -0.2) is 4.79 Å². The van der Waals surface area contributed by atoms with Crippen LogP contribution in [0.3, 0.4) is 0 Å². The molecule has 5 N–H and O–H groups in total. The minimum Gasteiger partial charge on any atom is -0.491 e. The molecule has 10 heteroatoms. The van der Waals surface area contributed by atoms with Gasteiger partial charge >= 0.3 is 6.09 Å². The van der Waals surface area contributed by atoms with E-state index in [0.29, 0.717) is 39.9 Å². The molecule has 0 spiro atoms. The number of anilines is 3. The molecule has 0 saturated carbocycles. The van der Waals surface area contributed by atoms with Crippen LogP contribution in [0.1, 0.15) is 18.1 Å². The van der Waals surface area contributed by atoms with Gasteiger partial charge < -0.3 is 35.1 Å². The Balaban J connectivity index is 1.45. The number of nitrogen functional groups attached to an aromatic ring is 1. The summed E-state index contributed by atoms with van der Waals surface area (Å²) in [4.78, 5) is 25.1. The normalized spacial score (nSPS) is 12.7. The number of fused-ring (bicyclic) bond motifs is 1. The summed E-state index contributed by atoms with van der Waals surface area (Å²) < 4.78 is 21.8. The van der Waals surface area contributed by atoms with E-state index < -0.39 is 12.2 Å². The predicted octanol–water partition coefficient (Wildman–Crippen LogP) is 4.24. The first kappa shape index (κ1) is 25.4. The average molecular weight is 506 g/mol. The molecule has 3 aromatic carbocycles. The molecule has 192 valence electrons. The molecule has 0 fully saturated rings. The Kier molecular flexibility index (Phi) is 8.45. The van der Waals surface area contributed by atoms with E-state index in [1.807, 2.05) is 0 Å². The van der Waals surface area contributed by atoms with Crippen LogP contribution in [0.2, 0.25) is 0 Å². The van der Waals surface area contributed by atoms with E-state index >= 15 is 0 Å². The maximum Gasteiger partial charge on any atom is 0.412 e. The van der Waals surface area contributed by atoms with Crippen LogP contribution in [0.15, 0.2) is 78.9 Å². The Morgan fingerprint density at radius 2 is 1.86 bits per heavy atom. The van der Waals surface area contributed by atoms with Crippen LogP contribution in [0.25, 0.3) is 0 Å². The molecule has 3 aromatic rings. The van der Waals surface area contributed by atoms with Gasteiger partial charge in [0, 0.05) is 18.2 Å². The fraction of sp³-hybridized carbons (Fsp3) is 0.185. The molecule has 0 saturated heterocycles. The van der Waals surface area contributed by atoms with Crippen molar-refractivity contribution in [3.05, 3.63) is 84.4 Å². The smallest absolute Gasteiger partial charge is 0.412 e. The van der Waals surface area contributed by atoms with E-state index in [1.165, 1.54) is 6.08 Å². The van der Waals surface area contributed by atoms with Gasteiger partial charge in [0.2, 0.25) is 12.7 Å². The lowest BCUT2D eigenvalue weighted by Crippen LogP contribution is -2.17. The average Bonchev–Trinajstić information content (AvgIpc) is 3.36. The summed E-state index contributed by atoms with van der Waals surface area (Å²) in [5, 5.41) is 14.4. The second kappa shape index (κ2) is 12.3. The third-order valence-corrected chi connectivity index (χ3v) is 5.30. The topological polar surface area (TPSA) is 141 Å². The standard InChI is InChI=1S/C27H27N3O7/c28-21-7-1-2-8-22(21)30-26(32)10-4-9-23(18-5-3-6-20(15-18)34-14-13-31)37-27(33)29-19-11-12-24-25(16-19)36-17-35-24/h1-8,10-12,15-16,23,31H,9,13-14,17,28H2,(H,29,33)(H,30,32)/b10-4+/t23-/m1/s1. The maximum atomic E-state index is 12.7. The highest BCUT2D eigenvalue weighted by Gasteiger charge is 2.19. The Morgan fingerprint density at radius 1 is 1.03 bits per heavy atom. The molecule has 2 amide bonds. The van der Waals surface area contributed by atoms with Gasteiger partial charge in [0.1, 0.15) is 18.5 Å². The molecule has 4 rings (SSSR count). The van der Waals surface area contributed by atoms with Crippen molar-refractivity contribution < 1.29 is 33.6 Å². The minimum absolute atomic E-state index is 0.122. The maximum absolute atomic E-state index is 12.7. The molecule has 1 heterocycles. The van der Waals surface area contributed by atoms with Gasteiger partial charge in [-0.2, -0.15) is 0 Å². The highest BCUT2D eigenvalue weighted by molar-refractivity contribution is 6.01. The fourth-order valence-corrected chi connectivity index (χ4v) is 3.56. The fourth-order valence-electron chi connectivity index (χ4n) is 3.56. The van der Waals surface area contributed by atoms with Gasteiger partial charge in [-0.3, -0.25) is 10.1 Å². The number of aliphatic hydroxyl groups is 1. The summed E-state index contributed by atoms with van der Waals surface area (Å²) >= 11 is 0. The Morgan fingerprint density at radius 3 is 2.70 bits per heavy atom. The number of amides is 2. The van der Waals surface area contributed by atoms with Crippen molar-refractivity contribution in [3.8, 4) is 17.2 Å². The van der Waals surface area contributed by atoms with Crippen molar-refractivity contribution in [1.29, 1.82) is 0 Å². The van der Waals surface area contributed by atoms with Crippen molar-refractivity contribution in [1.82, 2.24) is 0 Å². The number of carbonyl (C=O) groups excluding carboxylic acids is 2. The molecule has 0 bridgehead atoms. The molecule has 1 aliphatic rings. The monoisotopic (exact) mass is 505 g/mol. The van der Waals surface area contributed by atoms with E-state index in [-0.39, 0.29) is 32.3 Å². The van der Waals surface area contributed by atoms with Crippen molar-refractivity contribution in [2.24, 2.45) is 0 Å². The van der Waals surface area contributed by atoms with E-state index in [1.54, 1.807) is 72.8 Å². The summed E-state index contributed by atoms with van der Waals surface area (Å²) in [6.45, 7) is 0.116. The number of rotatable bonds is 10. The SMILES string of the molecule is Nc1ccccc1NC(=O)/C=C/C[C@@H](OC(=O)Nc1ccc2c(c1)OCO2)c1cccc(OCCO)c1. The summed E-state index contributed by atoms with van der Waals surface area (Å²) in [6, 6.07) is 18.9. The van der Waals surface area contributed by atoms with Crippen molar-refractivity contribution in [2.75, 3.05) is 36.4 Å². The second-order valence-electron chi connectivity index (χ2n) is 7.95. The quantitative estimate of drug-likeness (QED) is 0.237. The summed E-state index contributed by atoms with van der Waals surface area (Å²) in [5.74, 6) is 1.26. The lowest BCUT2D eigenvalue weighted by molar-refractivity contribution is -0.111. The first-order valence-corrected chi connectivity index (χ1v) is 11.5. The van der Waals surface area contributed by atoms with Gasteiger partial charge in [0.15, 0.2) is 11.5 Å². The number of hydrogen-bond donors (Lipinski definition) is 4. The highest BCUT2D eigenvalue weighted by atomic mass is 16.7. The first-order valence-electron chi connectivity index (χ1n) is 11.5. The summed E-state index contributed by atoms with van der Waals surface area (Å²) in [5.41, 5.74) is 7.95. The second-order valence-corrected chi connectivity index (χ2v) is 7.95. The van der Waals surface area contributed by atoms with E-state index in [2.05, 4.69) is 10.6 Å². The molecule has 0 radical (unpaired) electrons. The third kappa shape index (κ3) is 7.15. The van der Waals surface area contributed by atoms with Crippen LogP contribution in [0.4, 0.5) is 21.9 Å². The zero-order valence-corrected chi connectivity index (χ0v) is 19.9. The number of ether oxygens (including phenoxy) is 4. The number of nitrogens with two attached hydrogens (primary N) is 1. The van der Waals surface area contributed by atoms with Crippen LogP contribution in [-0.2, 0) is 9.53 Å². The number of benzene rings is 3. The number of hydrogen-bond acceptors (Lipinski definition) is 8. The van der Waals surface area contributed by atoms with Crippen molar-refractivity contribution in [2.45, 2.75) is 12.5 Å². The van der Waals surface area contributed by atoms with Crippen LogP contribution in [0.5, 0.6) is 17.2 Å². The van der Waals surface area contributed by atoms with Gasteiger partial charge in [-0.1, -0.05) is 30.3 Å². The predicted molar refractivity (Wildman–Crippen MR) is 138 cm³/mol. The van der Waals surface area contributed by atoms with E-state index in [0.717, 1.165) is 0 Å². The van der Waals surface area contributed by atoms with E-state index in [4.69, 9.17) is 29.8 Å². The molecular weight excluding hydrogens is 478 g/mol. The van der Waals surface area contributed by atoms with Gasteiger partial charge in [0.05, 0.1) is 18.0 Å². The Hall–Kier alpha value is -4.70. The molecular formula is C27H27N3O7. The molecule has 0 aliphatic carbocycles. The van der Waals surface area contributed by atoms with E-state index in [9.17, 15) is 9.59 Å². The summed E-state index contributed by atoms with van der Waals surface area (Å²) in [6.07, 6.45) is 1.73. The zero-order valence-electron chi connectivity index (χ0n) is 19.9. The molecule has 37 heavy (non-hydrogen) atoms. The summed E-state index contributed by atoms with van der Waals surface area (Å²) in [7, 11) is 0. The molecule has 1 aliphatic heterocycles. The van der Waals surface area contributed by atoms with Gasteiger partial charge in [-0.15, -0.1) is 0 Å². The molecule has 0 unspecified atom stereocenters. The van der Waals surface area contributed by atoms with Crippen LogP contribution in [-0.4, -0.2) is 37.1 Å². The number of para-hydroxylation sites is 2. The number of carbonyl (C=O) groups is 2. The Bertz CT molecular complexity index is 1280. The van der Waals surface area contributed by atoms with Gasteiger partial charge in [0.25, 0.3) is 0 Å². The van der Waals surface area contributed by atoms with Crippen molar-refractivity contribution in [3.63, 3.8) is 0 Å². The lowest BCUT2D eigenvalue weighted by Gasteiger charge is -2.18. The minimum atomic E-state index is -0.738. The zero-order chi connectivity index (χ0) is 26.0. The first-order chi connectivity index (χ1) is 18.0. The molecule has 1 atom stereocenters. The van der Waals surface area contributed by atoms with Crippen molar-refractivity contribution >= 4 is 29.1 Å². The Labute approximate surface area is 213 Å². The van der Waals surface area contributed by atoms with Gasteiger partial charge in [-0.05, 0) is 48.0 Å².